The van der Waals surface area contributed by atoms with E-state index >= 15 is 0 Å². The standard InChI is InChI=1S/C30H25NO2/c32-29-31-21-7-12-28(31)30(33-29,26-17-13-24(14-18-26)22-8-3-1-4-9-22)27-19-15-25(16-20-27)23-10-5-2-6-11-23/h1-6,8-11,13-20,28H,7,12,21H2/t28-/m0/s1. The first-order chi connectivity index (χ1) is 16.3. The summed E-state index contributed by atoms with van der Waals surface area (Å²) in [6.07, 6.45) is 1.73. The molecule has 162 valence electrons. The largest absolute Gasteiger partial charge is 0.431 e. The molecule has 3 nitrogen and oxygen atoms in total. The van der Waals surface area contributed by atoms with Crippen LogP contribution in [0.1, 0.15) is 24.0 Å². The van der Waals surface area contributed by atoms with Gasteiger partial charge in [-0.2, -0.15) is 0 Å². The lowest BCUT2D eigenvalue weighted by molar-refractivity contribution is 0.0670. The smallest absolute Gasteiger partial charge is 0.411 e. The van der Waals surface area contributed by atoms with Crippen molar-refractivity contribution >= 4 is 6.09 Å². The summed E-state index contributed by atoms with van der Waals surface area (Å²) in [4.78, 5) is 14.8. The fourth-order valence-corrected chi connectivity index (χ4v) is 5.42. The monoisotopic (exact) mass is 431 g/mol. The summed E-state index contributed by atoms with van der Waals surface area (Å²) >= 11 is 0. The second-order valence-electron chi connectivity index (χ2n) is 8.84. The van der Waals surface area contributed by atoms with Crippen LogP contribution in [0.3, 0.4) is 0 Å². The third-order valence-corrected chi connectivity index (χ3v) is 7.05. The number of fused-ring (bicyclic) bond motifs is 1. The number of hydrogen-bond acceptors (Lipinski definition) is 2. The Kier molecular flexibility index (Phi) is 4.76. The molecule has 0 aromatic heterocycles. The second kappa shape index (κ2) is 7.93. The first-order valence-corrected chi connectivity index (χ1v) is 11.6. The van der Waals surface area contributed by atoms with Crippen LogP contribution in [0.2, 0.25) is 0 Å². The number of amides is 1. The molecule has 4 aromatic carbocycles. The summed E-state index contributed by atoms with van der Waals surface area (Å²) in [5, 5.41) is 0. The predicted molar refractivity (Wildman–Crippen MR) is 131 cm³/mol. The Balaban J connectivity index is 1.44. The van der Waals surface area contributed by atoms with Gasteiger partial charge in [0.2, 0.25) is 0 Å². The van der Waals surface area contributed by atoms with Crippen molar-refractivity contribution in [2.75, 3.05) is 6.54 Å². The lowest BCUT2D eigenvalue weighted by Gasteiger charge is -2.33. The number of carbonyl (C=O) groups is 1. The Morgan fingerprint density at radius 1 is 0.636 bits per heavy atom. The Morgan fingerprint density at radius 2 is 1.09 bits per heavy atom. The van der Waals surface area contributed by atoms with Crippen molar-refractivity contribution < 1.29 is 9.53 Å². The molecule has 2 aliphatic rings. The van der Waals surface area contributed by atoms with E-state index < -0.39 is 5.60 Å². The van der Waals surface area contributed by atoms with Crippen LogP contribution in [-0.4, -0.2) is 23.6 Å². The van der Waals surface area contributed by atoms with E-state index in [9.17, 15) is 4.79 Å². The van der Waals surface area contributed by atoms with E-state index in [1.165, 1.54) is 11.1 Å². The van der Waals surface area contributed by atoms with Crippen molar-refractivity contribution in [3.05, 3.63) is 120 Å². The van der Waals surface area contributed by atoms with Gasteiger partial charge in [-0.15, -0.1) is 0 Å². The molecule has 6 rings (SSSR count). The van der Waals surface area contributed by atoms with E-state index in [0.29, 0.717) is 0 Å². The van der Waals surface area contributed by atoms with E-state index in [0.717, 1.165) is 41.6 Å². The van der Waals surface area contributed by atoms with Crippen molar-refractivity contribution in [1.82, 2.24) is 4.90 Å². The molecule has 0 spiro atoms. The van der Waals surface area contributed by atoms with Gasteiger partial charge in [-0.3, -0.25) is 0 Å². The molecule has 0 unspecified atom stereocenters. The molecule has 33 heavy (non-hydrogen) atoms. The van der Waals surface area contributed by atoms with E-state index in [-0.39, 0.29) is 12.1 Å². The molecular formula is C30H25NO2. The number of cyclic esters (lactones) is 1. The minimum Gasteiger partial charge on any atom is -0.431 e. The molecule has 2 saturated heterocycles. The molecule has 0 saturated carbocycles. The molecule has 2 fully saturated rings. The zero-order chi connectivity index (χ0) is 22.3. The molecule has 0 radical (unpaired) electrons. The van der Waals surface area contributed by atoms with Crippen LogP contribution in [0, 0.1) is 0 Å². The van der Waals surface area contributed by atoms with E-state index in [2.05, 4.69) is 72.8 Å². The fraction of sp³-hybridized carbons (Fsp3) is 0.167. The van der Waals surface area contributed by atoms with Gasteiger partial charge < -0.3 is 9.64 Å². The minimum atomic E-state index is -0.794. The zero-order valence-corrected chi connectivity index (χ0v) is 18.4. The van der Waals surface area contributed by atoms with Crippen LogP contribution in [0.25, 0.3) is 22.3 Å². The van der Waals surface area contributed by atoms with Crippen LogP contribution in [0.4, 0.5) is 4.79 Å². The minimum absolute atomic E-state index is 0.00940. The van der Waals surface area contributed by atoms with Gasteiger partial charge in [0.15, 0.2) is 5.60 Å². The molecule has 3 heteroatoms. The summed E-state index contributed by atoms with van der Waals surface area (Å²) < 4.78 is 6.27. The summed E-state index contributed by atoms with van der Waals surface area (Å²) in [6, 6.07) is 37.8. The first-order valence-electron chi connectivity index (χ1n) is 11.6. The molecule has 0 aliphatic carbocycles. The van der Waals surface area contributed by atoms with Crippen LogP contribution < -0.4 is 0 Å². The second-order valence-corrected chi connectivity index (χ2v) is 8.84. The zero-order valence-electron chi connectivity index (χ0n) is 18.4. The highest BCUT2D eigenvalue weighted by molar-refractivity contribution is 5.75. The molecule has 1 atom stereocenters. The van der Waals surface area contributed by atoms with Crippen molar-refractivity contribution in [3.63, 3.8) is 0 Å². The highest BCUT2D eigenvalue weighted by atomic mass is 16.6. The molecule has 4 aromatic rings. The third-order valence-electron chi connectivity index (χ3n) is 7.05. The summed E-state index contributed by atoms with van der Waals surface area (Å²) in [6.45, 7) is 0.759. The molecule has 2 aliphatic heterocycles. The first kappa shape index (κ1) is 19.8. The van der Waals surface area contributed by atoms with Gasteiger partial charge in [0.1, 0.15) is 0 Å². The Morgan fingerprint density at radius 3 is 1.58 bits per heavy atom. The maximum atomic E-state index is 12.9. The maximum Gasteiger partial charge on any atom is 0.411 e. The summed E-state index contributed by atoms with van der Waals surface area (Å²) in [5.74, 6) is 0. The van der Waals surface area contributed by atoms with Gasteiger partial charge in [0.25, 0.3) is 0 Å². The van der Waals surface area contributed by atoms with Crippen LogP contribution >= 0.6 is 0 Å². The van der Waals surface area contributed by atoms with Crippen molar-refractivity contribution in [2.24, 2.45) is 0 Å². The lowest BCUT2D eigenvalue weighted by Crippen LogP contribution is -2.40. The Bertz CT molecular complexity index is 1180. The Labute approximate surface area is 194 Å². The number of hydrogen-bond donors (Lipinski definition) is 0. The SMILES string of the molecule is O=C1OC(c2ccc(-c3ccccc3)cc2)(c2ccc(-c3ccccc3)cc2)[C@@H]2CCCN12. The lowest BCUT2D eigenvalue weighted by atomic mass is 9.78. The number of carbonyl (C=O) groups excluding carboxylic acids is 1. The molecule has 1 amide bonds. The van der Waals surface area contributed by atoms with Gasteiger partial charge >= 0.3 is 6.09 Å². The quantitative estimate of drug-likeness (QED) is 0.352. The fourth-order valence-electron chi connectivity index (χ4n) is 5.42. The van der Waals surface area contributed by atoms with Gasteiger partial charge in [0, 0.05) is 17.7 Å². The maximum absolute atomic E-state index is 12.9. The third kappa shape index (κ3) is 3.23. The highest BCUT2D eigenvalue weighted by Gasteiger charge is 2.57. The number of ether oxygens (including phenoxy) is 1. The number of rotatable bonds is 4. The van der Waals surface area contributed by atoms with Gasteiger partial charge in [-0.1, -0.05) is 109 Å². The average molecular weight is 432 g/mol. The highest BCUT2D eigenvalue weighted by Crippen LogP contribution is 2.49. The van der Waals surface area contributed by atoms with Gasteiger partial charge in [-0.05, 0) is 35.1 Å². The molecule has 0 bridgehead atoms. The summed E-state index contributed by atoms with van der Waals surface area (Å²) in [5.41, 5.74) is 5.92. The number of nitrogens with zero attached hydrogens (tertiary/aromatic N) is 1. The van der Waals surface area contributed by atoms with Crippen LogP contribution in [0.5, 0.6) is 0 Å². The van der Waals surface area contributed by atoms with Crippen molar-refractivity contribution in [3.8, 4) is 22.3 Å². The molecular weight excluding hydrogens is 406 g/mol. The predicted octanol–water partition coefficient (Wildman–Crippen LogP) is 6.88. The average Bonchev–Trinajstić information content (AvgIpc) is 3.49. The Hall–Kier alpha value is -3.85. The molecule has 2 heterocycles. The van der Waals surface area contributed by atoms with Crippen molar-refractivity contribution in [2.45, 2.75) is 24.5 Å². The normalized spacial score (nSPS) is 18.7. The van der Waals surface area contributed by atoms with E-state index in [1.54, 1.807) is 0 Å². The van der Waals surface area contributed by atoms with E-state index in [4.69, 9.17) is 4.74 Å². The topological polar surface area (TPSA) is 29.5 Å². The molecule has 0 N–H and O–H groups in total. The number of benzene rings is 4. The van der Waals surface area contributed by atoms with Crippen molar-refractivity contribution in [1.29, 1.82) is 0 Å². The van der Waals surface area contributed by atoms with Crippen LogP contribution in [0.15, 0.2) is 109 Å². The van der Waals surface area contributed by atoms with Crippen LogP contribution in [-0.2, 0) is 10.3 Å². The van der Waals surface area contributed by atoms with Gasteiger partial charge in [-0.25, -0.2) is 4.79 Å². The van der Waals surface area contributed by atoms with Gasteiger partial charge in [0.05, 0.1) is 6.04 Å². The summed E-state index contributed by atoms with van der Waals surface area (Å²) in [7, 11) is 0. The van der Waals surface area contributed by atoms with E-state index in [1.807, 2.05) is 41.3 Å².